The van der Waals surface area contributed by atoms with E-state index >= 15 is 0 Å². The van der Waals surface area contributed by atoms with E-state index in [0.717, 1.165) is 31.7 Å². The topological polar surface area (TPSA) is 52.7 Å². The molecule has 1 heterocycles. The summed E-state index contributed by atoms with van der Waals surface area (Å²) in [5, 5.41) is 3.24. The Bertz CT molecular complexity index is 519. The normalized spacial score (nSPS) is 15.0. The van der Waals surface area contributed by atoms with Crippen LogP contribution in [0.2, 0.25) is 0 Å². The van der Waals surface area contributed by atoms with E-state index in [2.05, 4.69) is 5.32 Å². The second kappa shape index (κ2) is 7.40. The van der Waals surface area contributed by atoms with E-state index in [1.165, 1.54) is 0 Å². The molecule has 0 spiro atoms. The van der Waals surface area contributed by atoms with Gasteiger partial charge in [-0.15, -0.1) is 0 Å². The number of piperazine rings is 1. The summed E-state index contributed by atoms with van der Waals surface area (Å²) in [7, 11) is 1.81. The van der Waals surface area contributed by atoms with Crippen LogP contribution in [-0.2, 0) is 11.3 Å². The third-order valence-electron chi connectivity index (χ3n) is 3.89. The molecule has 0 bridgehead atoms. The molecule has 2 rings (SSSR count). The van der Waals surface area contributed by atoms with Crippen molar-refractivity contribution >= 4 is 11.8 Å². The Kier molecular flexibility index (Phi) is 5.55. The lowest BCUT2D eigenvalue weighted by atomic mass is 10.1. The molecule has 0 atom stereocenters. The number of hydrogen-bond acceptors (Lipinski definition) is 3. The van der Waals surface area contributed by atoms with Crippen molar-refractivity contribution in [2.75, 3.05) is 33.2 Å². The zero-order valence-corrected chi connectivity index (χ0v) is 13.6. The van der Waals surface area contributed by atoms with Gasteiger partial charge in [0.2, 0.25) is 5.91 Å². The number of nitrogens with one attached hydrogen (secondary N) is 1. The van der Waals surface area contributed by atoms with Gasteiger partial charge in [0, 0.05) is 51.3 Å². The second-order valence-corrected chi connectivity index (χ2v) is 6.09. The Morgan fingerprint density at radius 3 is 2.32 bits per heavy atom. The number of carbonyl (C=O) groups excluding carboxylic acids is 2. The highest BCUT2D eigenvalue weighted by molar-refractivity contribution is 5.94. The van der Waals surface area contributed by atoms with E-state index in [9.17, 15) is 9.59 Å². The minimum atomic E-state index is -0.00133. The van der Waals surface area contributed by atoms with Crippen LogP contribution in [0.15, 0.2) is 24.3 Å². The molecule has 0 aliphatic carbocycles. The van der Waals surface area contributed by atoms with Crippen molar-refractivity contribution in [2.45, 2.75) is 20.4 Å². The van der Waals surface area contributed by atoms with Gasteiger partial charge in [-0.05, 0) is 17.7 Å². The SMILES string of the molecule is CC(C)C(=O)N(C)Cc1ccc(C(=O)N2CCNCC2)cc1. The molecular weight excluding hydrogens is 278 g/mol. The van der Waals surface area contributed by atoms with Crippen LogP contribution in [0.25, 0.3) is 0 Å². The Hall–Kier alpha value is -1.88. The molecule has 1 aliphatic heterocycles. The summed E-state index contributed by atoms with van der Waals surface area (Å²) >= 11 is 0. The predicted molar refractivity (Wildman–Crippen MR) is 86.5 cm³/mol. The first kappa shape index (κ1) is 16.5. The zero-order valence-electron chi connectivity index (χ0n) is 13.6. The van der Waals surface area contributed by atoms with Gasteiger partial charge < -0.3 is 15.1 Å². The summed E-state index contributed by atoms with van der Waals surface area (Å²) in [6, 6.07) is 7.57. The Labute approximate surface area is 132 Å². The van der Waals surface area contributed by atoms with Crippen LogP contribution in [0, 0.1) is 5.92 Å². The van der Waals surface area contributed by atoms with E-state index in [1.54, 1.807) is 4.90 Å². The fourth-order valence-corrected chi connectivity index (χ4v) is 2.60. The lowest BCUT2D eigenvalue weighted by Gasteiger charge is -2.27. The lowest BCUT2D eigenvalue weighted by Crippen LogP contribution is -2.46. The van der Waals surface area contributed by atoms with Gasteiger partial charge in [-0.1, -0.05) is 26.0 Å². The largest absolute Gasteiger partial charge is 0.341 e. The standard InChI is InChI=1S/C17H25N3O2/c1-13(2)16(21)19(3)12-14-4-6-15(7-5-14)17(22)20-10-8-18-9-11-20/h4-7,13,18H,8-12H2,1-3H3. The Morgan fingerprint density at radius 1 is 1.18 bits per heavy atom. The van der Waals surface area contributed by atoms with Crippen LogP contribution in [0.5, 0.6) is 0 Å². The maximum atomic E-state index is 12.4. The molecule has 0 saturated carbocycles. The van der Waals surface area contributed by atoms with Crippen molar-refractivity contribution in [3.8, 4) is 0 Å². The molecule has 1 N–H and O–H groups in total. The van der Waals surface area contributed by atoms with E-state index in [4.69, 9.17) is 0 Å². The Morgan fingerprint density at radius 2 is 1.77 bits per heavy atom. The molecule has 1 aromatic carbocycles. The highest BCUT2D eigenvalue weighted by Gasteiger charge is 2.18. The van der Waals surface area contributed by atoms with E-state index in [1.807, 2.05) is 50.1 Å². The van der Waals surface area contributed by atoms with Crippen molar-refractivity contribution in [2.24, 2.45) is 5.92 Å². The number of carbonyl (C=O) groups is 2. The van der Waals surface area contributed by atoms with E-state index in [-0.39, 0.29) is 17.7 Å². The number of rotatable bonds is 4. The van der Waals surface area contributed by atoms with Crippen molar-refractivity contribution in [3.05, 3.63) is 35.4 Å². The minimum Gasteiger partial charge on any atom is -0.341 e. The summed E-state index contributed by atoms with van der Waals surface area (Å²) in [4.78, 5) is 27.8. The first-order chi connectivity index (χ1) is 10.5. The van der Waals surface area contributed by atoms with Crippen LogP contribution in [0.4, 0.5) is 0 Å². The van der Waals surface area contributed by atoms with Crippen LogP contribution >= 0.6 is 0 Å². The number of amides is 2. The van der Waals surface area contributed by atoms with Crippen molar-refractivity contribution in [3.63, 3.8) is 0 Å². The first-order valence-corrected chi connectivity index (χ1v) is 7.83. The van der Waals surface area contributed by atoms with Crippen LogP contribution in [0.3, 0.4) is 0 Å². The molecule has 0 radical (unpaired) electrons. The molecule has 1 fully saturated rings. The van der Waals surface area contributed by atoms with Crippen molar-refractivity contribution in [1.82, 2.24) is 15.1 Å². The highest BCUT2D eigenvalue weighted by atomic mass is 16.2. The molecular formula is C17H25N3O2. The average molecular weight is 303 g/mol. The molecule has 22 heavy (non-hydrogen) atoms. The van der Waals surface area contributed by atoms with Gasteiger partial charge in [0.15, 0.2) is 0 Å². The number of hydrogen-bond donors (Lipinski definition) is 1. The number of benzene rings is 1. The fraction of sp³-hybridized carbons (Fsp3) is 0.529. The van der Waals surface area contributed by atoms with Crippen LogP contribution in [0.1, 0.15) is 29.8 Å². The molecule has 0 unspecified atom stereocenters. The second-order valence-electron chi connectivity index (χ2n) is 6.09. The average Bonchev–Trinajstić information content (AvgIpc) is 2.54. The quantitative estimate of drug-likeness (QED) is 0.913. The monoisotopic (exact) mass is 303 g/mol. The van der Waals surface area contributed by atoms with Gasteiger partial charge in [0.25, 0.3) is 5.91 Å². The molecule has 1 aliphatic rings. The van der Waals surface area contributed by atoms with Crippen LogP contribution in [-0.4, -0.2) is 54.8 Å². The zero-order chi connectivity index (χ0) is 16.1. The van der Waals surface area contributed by atoms with Gasteiger partial charge in [-0.3, -0.25) is 9.59 Å². The number of nitrogens with zero attached hydrogens (tertiary/aromatic N) is 2. The molecule has 2 amide bonds. The minimum absolute atomic E-state index is 0.00133. The summed E-state index contributed by atoms with van der Waals surface area (Å²) in [6.45, 7) is 7.58. The predicted octanol–water partition coefficient (Wildman–Crippen LogP) is 1.35. The van der Waals surface area contributed by atoms with Gasteiger partial charge in [0.05, 0.1) is 0 Å². The molecule has 5 nitrogen and oxygen atoms in total. The fourth-order valence-electron chi connectivity index (χ4n) is 2.60. The van der Waals surface area contributed by atoms with E-state index < -0.39 is 0 Å². The van der Waals surface area contributed by atoms with Gasteiger partial charge in [-0.2, -0.15) is 0 Å². The van der Waals surface area contributed by atoms with Gasteiger partial charge >= 0.3 is 0 Å². The third-order valence-corrected chi connectivity index (χ3v) is 3.89. The Balaban J connectivity index is 1.97. The van der Waals surface area contributed by atoms with Gasteiger partial charge in [0.1, 0.15) is 0 Å². The van der Waals surface area contributed by atoms with Gasteiger partial charge in [-0.25, -0.2) is 0 Å². The maximum Gasteiger partial charge on any atom is 0.253 e. The highest BCUT2D eigenvalue weighted by Crippen LogP contribution is 2.11. The first-order valence-electron chi connectivity index (χ1n) is 7.83. The summed E-state index contributed by atoms with van der Waals surface area (Å²) in [6.07, 6.45) is 0. The smallest absolute Gasteiger partial charge is 0.253 e. The maximum absolute atomic E-state index is 12.4. The van der Waals surface area contributed by atoms with Crippen molar-refractivity contribution < 1.29 is 9.59 Å². The van der Waals surface area contributed by atoms with Crippen LogP contribution < -0.4 is 5.32 Å². The molecule has 1 aromatic rings. The third kappa shape index (κ3) is 4.07. The molecule has 5 heteroatoms. The molecule has 120 valence electrons. The molecule has 1 saturated heterocycles. The molecule has 0 aromatic heterocycles. The van der Waals surface area contributed by atoms with Crippen molar-refractivity contribution in [1.29, 1.82) is 0 Å². The van der Waals surface area contributed by atoms with E-state index in [0.29, 0.717) is 12.1 Å². The summed E-state index contributed by atoms with van der Waals surface area (Å²) < 4.78 is 0. The summed E-state index contributed by atoms with van der Waals surface area (Å²) in [5.41, 5.74) is 1.75. The summed E-state index contributed by atoms with van der Waals surface area (Å²) in [5.74, 6) is 0.208. The lowest BCUT2D eigenvalue weighted by molar-refractivity contribution is -0.133.